The van der Waals surface area contributed by atoms with Crippen molar-refractivity contribution in [2.24, 2.45) is 5.73 Å². The topological polar surface area (TPSA) is 117 Å². The maximum Gasteiger partial charge on any atom is 0.319 e. The molecular weight excluding hydrogens is 370 g/mol. The molecule has 146 valence electrons. The summed E-state index contributed by atoms with van der Waals surface area (Å²) in [5.41, 5.74) is 5.98. The molecule has 3 rings (SSSR count). The number of halogens is 1. The van der Waals surface area contributed by atoms with Crippen molar-refractivity contribution < 1.29 is 14.4 Å². The lowest BCUT2D eigenvalue weighted by Gasteiger charge is -2.34. The third-order valence-corrected chi connectivity index (χ3v) is 5.24. The van der Waals surface area contributed by atoms with E-state index in [0.29, 0.717) is 36.6 Å². The summed E-state index contributed by atoms with van der Waals surface area (Å²) in [5, 5.41) is 8.74. The standard InChI is InChI=1S/C18H24ClN5O3/c19-12-5-1-2-6-13(12)23-18(27)21-11-9-15-16(25)22-14(7-3-4-8-20)17(26)24(15)10-11/h1-2,5-6,11,14-15H,3-4,7-10,20H2,(H,22,25)(H2,21,23,27)/t11-,14-,15-/m0/s1. The monoisotopic (exact) mass is 393 g/mol. The number of hydrogen-bond acceptors (Lipinski definition) is 4. The molecule has 2 aliphatic rings. The number of nitrogens with two attached hydrogens (primary N) is 1. The molecule has 0 aromatic heterocycles. The third-order valence-electron chi connectivity index (χ3n) is 4.91. The lowest BCUT2D eigenvalue weighted by Crippen LogP contribution is -2.61. The van der Waals surface area contributed by atoms with Crippen LogP contribution in [0, 0.1) is 0 Å². The van der Waals surface area contributed by atoms with E-state index in [1.807, 2.05) is 0 Å². The van der Waals surface area contributed by atoms with E-state index in [4.69, 9.17) is 17.3 Å². The van der Waals surface area contributed by atoms with Crippen molar-refractivity contribution in [2.45, 2.75) is 43.8 Å². The number of nitrogens with zero attached hydrogens (tertiary/aromatic N) is 1. The van der Waals surface area contributed by atoms with Gasteiger partial charge in [0.25, 0.3) is 0 Å². The van der Waals surface area contributed by atoms with Crippen LogP contribution >= 0.6 is 11.6 Å². The summed E-state index contributed by atoms with van der Waals surface area (Å²) in [6.07, 6.45) is 2.57. The summed E-state index contributed by atoms with van der Waals surface area (Å²) in [7, 11) is 0. The van der Waals surface area contributed by atoms with Gasteiger partial charge in [-0.25, -0.2) is 4.79 Å². The van der Waals surface area contributed by atoms with E-state index in [-0.39, 0.29) is 17.9 Å². The molecule has 8 nitrogen and oxygen atoms in total. The number of fused-ring (bicyclic) bond motifs is 1. The molecule has 2 heterocycles. The molecule has 27 heavy (non-hydrogen) atoms. The van der Waals surface area contributed by atoms with Crippen LogP contribution in [0.1, 0.15) is 25.7 Å². The predicted molar refractivity (Wildman–Crippen MR) is 102 cm³/mol. The van der Waals surface area contributed by atoms with Gasteiger partial charge in [-0.3, -0.25) is 9.59 Å². The number of carbonyl (C=O) groups excluding carboxylic acids is 3. The summed E-state index contributed by atoms with van der Waals surface area (Å²) in [4.78, 5) is 38.8. The first-order chi connectivity index (χ1) is 13.0. The van der Waals surface area contributed by atoms with Crippen LogP contribution in [-0.2, 0) is 9.59 Å². The largest absolute Gasteiger partial charge is 0.343 e. The van der Waals surface area contributed by atoms with Crippen LogP contribution < -0.4 is 21.7 Å². The number of amides is 4. The fourth-order valence-electron chi connectivity index (χ4n) is 3.56. The Balaban J connectivity index is 1.57. The van der Waals surface area contributed by atoms with Gasteiger partial charge >= 0.3 is 6.03 Å². The number of benzene rings is 1. The molecule has 0 unspecified atom stereocenters. The second-order valence-corrected chi connectivity index (χ2v) is 7.27. The Bertz CT molecular complexity index is 729. The highest BCUT2D eigenvalue weighted by Gasteiger charge is 2.46. The van der Waals surface area contributed by atoms with Gasteiger partial charge in [-0.1, -0.05) is 23.7 Å². The van der Waals surface area contributed by atoms with Gasteiger partial charge in [0.15, 0.2) is 0 Å². The van der Waals surface area contributed by atoms with E-state index in [0.717, 1.165) is 12.8 Å². The van der Waals surface area contributed by atoms with Crippen LogP contribution in [0.5, 0.6) is 0 Å². The smallest absolute Gasteiger partial charge is 0.319 e. The molecule has 1 aromatic carbocycles. The summed E-state index contributed by atoms with van der Waals surface area (Å²) in [6, 6.07) is 5.17. The molecule has 0 saturated carbocycles. The first-order valence-electron chi connectivity index (χ1n) is 9.12. The van der Waals surface area contributed by atoms with Crippen LogP contribution in [0.3, 0.4) is 0 Å². The van der Waals surface area contributed by atoms with Gasteiger partial charge in [0.2, 0.25) is 11.8 Å². The minimum absolute atomic E-state index is 0.0903. The zero-order valence-corrected chi connectivity index (χ0v) is 15.7. The predicted octanol–water partition coefficient (Wildman–Crippen LogP) is 1.06. The number of piperazine rings is 1. The van der Waals surface area contributed by atoms with Crippen molar-refractivity contribution >= 4 is 35.1 Å². The second-order valence-electron chi connectivity index (χ2n) is 6.86. The average Bonchev–Trinajstić information content (AvgIpc) is 3.06. The van der Waals surface area contributed by atoms with Gasteiger partial charge in [-0.15, -0.1) is 0 Å². The molecule has 2 saturated heterocycles. The van der Waals surface area contributed by atoms with Crippen molar-refractivity contribution in [3.63, 3.8) is 0 Å². The molecule has 3 atom stereocenters. The van der Waals surface area contributed by atoms with E-state index in [1.165, 1.54) is 0 Å². The van der Waals surface area contributed by atoms with Crippen LogP contribution in [0.25, 0.3) is 0 Å². The van der Waals surface area contributed by atoms with Crippen molar-refractivity contribution in [3.8, 4) is 0 Å². The van der Waals surface area contributed by atoms with Gasteiger partial charge in [0, 0.05) is 6.54 Å². The normalized spacial score (nSPS) is 24.4. The molecule has 0 aliphatic carbocycles. The van der Waals surface area contributed by atoms with E-state index >= 15 is 0 Å². The highest BCUT2D eigenvalue weighted by atomic mass is 35.5. The Labute approximate surface area is 162 Å². The van der Waals surface area contributed by atoms with Crippen molar-refractivity contribution in [2.75, 3.05) is 18.4 Å². The summed E-state index contributed by atoms with van der Waals surface area (Å²) in [6.45, 7) is 0.883. The lowest BCUT2D eigenvalue weighted by molar-refractivity contribution is -0.147. The number of hydrogen-bond donors (Lipinski definition) is 4. The van der Waals surface area contributed by atoms with Gasteiger partial charge in [0.1, 0.15) is 12.1 Å². The van der Waals surface area contributed by atoms with Gasteiger partial charge in [-0.2, -0.15) is 0 Å². The number of carbonyl (C=O) groups is 3. The number of anilines is 1. The third kappa shape index (κ3) is 4.51. The highest BCUT2D eigenvalue weighted by molar-refractivity contribution is 6.33. The Morgan fingerprint density at radius 3 is 2.81 bits per heavy atom. The first-order valence-corrected chi connectivity index (χ1v) is 9.50. The van der Waals surface area contributed by atoms with Gasteiger partial charge < -0.3 is 26.6 Å². The number of rotatable bonds is 6. The fraction of sp³-hybridized carbons (Fsp3) is 0.500. The molecule has 0 bridgehead atoms. The molecule has 0 radical (unpaired) electrons. The Morgan fingerprint density at radius 1 is 1.30 bits per heavy atom. The lowest BCUT2D eigenvalue weighted by atomic mass is 10.0. The van der Waals surface area contributed by atoms with Gasteiger partial charge in [-0.05, 0) is 44.4 Å². The summed E-state index contributed by atoms with van der Waals surface area (Å²) >= 11 is 6.03. The van der Waals surface area contributed by atoms with Crippen molar-refractivity contribution in [3.05, 3.63) is 29.3 Å². The van der Waals surface area contributed by atoms with Crippen molar-refractivity contribution in [1.29, 1.82) is 0 Å². The zero-order valence-electron chi connectivity index (χ0n) is 14.9. The molecule has 2 fully saturated rings. The fourth-order valence-corrected chi connectivity index (χ4v) is 3.74. The Morgan fingerprint density at radius 2 is 2.07 bits per heavy atom. The maximum absolute atomic E-state index is 12.6. The minimum Gasteiger partial charge on any atom is -0.343 e. The van der Waals surface area contributed by atoms with Gasteiger partial charge in [0.05, 0.1) is 16.8 Å². The zero-order chi connectivity index (χ0) is 19.4. The molecule has 2 aliphatic heterocycles. The van der Waals surface area contributed by atoms with Crippen LogP contribution in [0.4, 0.5) is 10.5 Å². The molecular formula is C18H24ClN5O3. The number of nitrogens with one attached hydrogen (secondary N) is 3. The van der Waals surface area contributed by atoms with E-state index < -0.39 is 18.1 Å². The number of para-hydroxylation sites is 1. The van der Waals surface area contributed by atoms with E-state index in [9.17, 15) is 14.4 Å². The molecule has 4 amide bonds. The van der Waals surface area contributed by atoms with E-state index in [2.05, 4.69) is 16.0 Å². The Hall–Kier alpha value is -2.32. The summed E-state index contributed by atoms with van der Waals surface area (Å²) < 4.78 is 0. The van der Waals surface area contributed by atoms with Crippen LogP contribution in [-0.4, -0.2) is 54.0 Å². The second kappa shape index (κ2) is 8.58. The molecule has 1 aromatic rings. The number of urea groups is 1. The number of unbranched alkanes of at least 4 members (excludes halogenated alkanes) is 1. The quantitative estimate of drug-likeness (QED) is 0.540. The van der Waals surface area contributed by atoms with Crippen LogP contribution in [0.15, 0.2) is 24.3 Å². The molecule has 5 N–H and O–H groups in total. The first kappa shape index (κ1) is 19.4. The maximum atomic E-state index is 12.6. The molecule has 0 spiro atoms. The average molecular weight is 394 g/mol. The highest BCUT2D eigenvalue weighted by Crippen LogP contribution is 2.25. The Kier molecular flexibility index (Phi) is 6.18. The molecule has 9 heteroatoms. The minimum atomic E-state index is -0.533. The summed E-state index contributed by atoms with van der Waals surface area (Å²) in [5.74, 6) is -0.254. The van der Waals surface area contributed by atoms with Crippen LogP contribution in [0.2, 0.25) is 5.02 Å². The van der Waals surface area contributed by atoms with Crippen molar-refractivity contribution in [1.82, 2.24) is 15.5 Å². The van der Waals surface area contributed by atoms with E-state index in [1.54, 1.807) is 29.2 Å². The SMILES string of the molecule is NCCCC[C@@H]1NC(=O)[C@@H]2C[C@H](NC(=O)Nc3ccccc3Cl)CN2C1=O.